The molecule has 4 heteroatoms. The number of rotatable bonds is 7. The number of para-hydroxylation sites is 2. The Morgan fingerprint density at radius 1 is 1.37 bits per heavy atom. The molecule has 0 saturated carbocycles. The third-order valence-electron chi connectivity index (χ3n) is 3.50. The van der Waals surface area contributed by atoms with Crippen LogP contribution in [-0.4, -0.2) is 22.1 Å². The van der Waals surface area contributed by atoms with E-state index in [9.17, 15) is 0 Å². The molecule has 0 spiro atoms. The lowest BCUT2D eigenvalue weighted by Crippen LogP contribution is -2.33. The Balaban J connectivity index is 1.89. The Morgan fingerprint density at radius 3 is 2.89 bits per heavy atom. The fourth-order valence-electron chi connectivity index (χ4n) is 2.29. The summed E-state index contributed by atoms with van der Waals surface area (Å²) in [6, 6.07) is 8.45. The van der Waals surface area contributed by atoms with E-state index in [0.29, 0.717) is 0 Å². The third kappa shape index (κ3) is 3.55. The van der Waals surface area contributed by atoms with E-state index in [2.05, 4.69) is 34.9 Å². The summed E-state index contributed by atoms with van der Waals surface area (Å²) in [6.07, 6.45) is 3.50. The van der Waals surface area contributed by atoms with Crippen molar-refractivity contribution >= 4 is 11.0 Å². The van der Waals surface area contributed by atoms with E-state index in [1.54, 1.807) is 0 Å². The normalized spacial score (nSPS) is 13.0. The van der Waals surface area contributed by atoms with E-state index in [-0.39, 0.29) is 6.04 Å². The van der Waals surface area contributed by atoms with Gasteiger partial charge in [-0.15, -0.1) is 0 Å². The molecule has 1 unspecified atom stereocenters. The van der Waals surface area contributed by atoms with Gasteiger partial charge in [-0.05, 0) is 18.6 Å². The second-order valence-electron chi connectivity index (χ2n) is 5.11. The maximum atomic E-state index is 6.05. The molecular weight excluding hydrogens is 236 g/mol. The van der Waals surface area contributed by atoms with Crippen LogP contribution in [0, 0.1) is 0 Å². The van der Waals surface area contributed by atoms with Gasteiger partial charge in [-0.3, -0.25) is 0 Å². The summed E-state index contributed by atoms with van der Waals surface area (Å²) in [5, 5.41) is 3.40. The number of hydrogen-bond donors (Lipinski definition) is 2. The topological polar surface area (TPSA) is 55.9 Å². The van der Waals surface area contributed by atoms with Crippen LogP contribution in [-0.2, 0) is 13.6 Å². The predicted molar refractivity (Wildman–Crippen MR) is 79.9 cm³/mol. The number of unbranched alkanes of at least 4 members (excludes halogenated alkanes) is 1. The van der Waals surface area contributed by atoms with Gasteiger partial charge in [-0.1, -0.05) is 31.9 Å². The van der Waals surface area contributed by atoms with Gasteiger partial charge in [-0.25, -0.2) is 4.98 Å². The molecule has 1 atom stereocenters. The number of aromatic nitrogens is 2. The van der Waals surface area contributed by atoms with E-state index >= 15 is 0 Å². The average Bonchev–Trinajstić information content (AvgIpc) is 2.74. The number of benzene rings is 1. The van der Waals surface area contributed by atoms with Gasteiger partial charge in [0.05, 0.1) is 17.6 Å². The molecule has 0 aliphatic carbocycles. The van der Waals surface area contributed by atoms with Crippen LogP contribution in [0.2, 0.25) is 0 Å². The van der Waals surface area contributed by atoms with Crippen LogP contribution in [0.5, 0.6) is 0 Å². The molecule has 0 aliphatic rings. The van der Waals surface area contributed by atoms with Crippen molar-refractivity contribution in [3.8, 4) is 0 Å². The Labute approximate surface area is 115 Å². The number of nitrogens with one attached hydrogen (secondary N) is 1. The maximum Gasteiger partial charge on any atom is 0.123 e. The van der Waals surface area contributed by atoms with E-state index in [4.69, 9.17) is 5.73 Å². The Morgan fingerprint density at radius 2 is 2.16 bits per heavy atom. The number of nitrogens with zero attached hydrogens (tertiary/aromatic N) is 2. The monoisotopic (exact) mass is 260 g/mol. The second-order valence-corrected chi connectivity index (χ2v) is 5.11. The first-order chi connectivity index (χ1) is 9.22. The summed E-state index contributed by atoms with van der Waals surface area (Å²) in [7, 11) is 2.06. The molecule has 1 heterocycles. The predicted octanol–water partition coefficient (Wildman–Crippen LogP) is 2.18. The highest BCUT2D eigenvalue weighted by atomic mass is 15.1. The molecule has 0 aliphatic heterocycles. The molecule has 19 heavy (non-hydrogen) atoms. The minimum atomic E-state index is 0.245. The molecule has 0 bridgehead atoms. The highest BCUT2D eigenvalue weighted by Crippen LogP contribution is 2.13. The second kappa shape index (κ2) is 6.68. The average molecular weight is 260 g/mol. The molecule has 2 rings (SSSR count). The standard InChI is InChI=1S/C15H24N4/c1-3-4-7-12(16)10-17-11-15-18-13-8-5-6-9-14(13)19(15)2/h5-6,8-9,12,17H,3-4,7,10-11,16H2,1-2H3. The SMILES string of the molecule is CCCCC(N)CNCc1nc2ccccc2n1C. The molecule has 0 amide bonds. The minimum Gasteiger partial charge on any atom is -0.330 e. The van der Waals surface area contributed by atoms with Crippen molar-refractivity contribution in [1.82, 2.24) is 14.9 Å². The van der Waals surface area contributed by atoms with Crippen molar-refractivity contribution in [3.63, 3.8) is 0 Å². The van der Waals surface area contributed by atoms with E-state index < -0.39 is 0 Å². The summed E-state index contributed by atoms with van der Waals surface area (Å²) in [5.41, 5.74) is 8.28. The molecular formula is C15H24N4. The highest BCUT2D eigenvalue weighted by Gasteiger charge is 2.07. The molecule has 1 aromatic carbocycles. The van der Waals surface area contributed by atoms with Gasteiger partial charge < -0.3 is 15.6 Å². The lowest BCUT2D eigenvalue weighted by molar-refractivity contribution is 0.516. The zero-order valence-corrected chi connectivity index (χ0v) is 11.9. The number of aryl methyl sites for hydroxylation is 1. The van der Waals surface area contributed by atoms with E-state index in [1.807, 2.05) is 18.2 Å². The van der Waals surface area contributed by atoms with Crippen molar-refractivity contribution in [2.24, 2.45) is 12.8 Å². The lowest BCUT2D eigenvalue weighted by atomic mass is 10.1. The van der Waals surface area contributed by atoms with Crippen molar-refractivity contribution in [2.75, 3.05) is 6.54 Å². The Hall–Kier alpha value is -1.39. The van der Waals surface area contributed by atoms with Crippen molar-refractivity contribution in [2.45, 2.75) is 38.8 Å². The maximum absolute atomic E-state index is 6.05. The van der Waals surface area contributed by atoms with Crippen LogP contribution < -0.4 is 11.1 Å². The van der Waals surface area contributed by atoms with Gasteiger partial charge in [0.2, 0.25) is 0 Å². The summed E-state index contributed by atoms with van der Waals surface area (Å²) in [4.78, 5) is 4.63. The number of hydrogen-bond acceptors (Lipinski definition) is 3. The number of fused-ring (bicyclic) bond motifs is 1. The van der Waals surface area contributed by atoms with Crippen LogP contribution in [0.25, 0.3) is 11.0 Å². The van der Waals surface area contributed by atoms with E-state index in [0.717, 1.165) is 30.9 Å². The van der Waals surface area contributed by atoms with Crippen LogP contribution in [0.15, 0.2) is 24.3 Å². The summed E-state index contributed by atoms with van der Waals surface area (Å²) in [6.45, 7) is 3.81. The quantitative estimate of drug-likeness (QED) is 0.802. The van der Waals surface area contributed by atoms with Crippen LogP contribution in [0.3, 0.4) is 0 Å². The van der Waals surface area contributed by atoms with Gasteiger partial charge in [-0.2, -0.15) is 0 Å². The molecule has 3 N–H and O–H groups in total. The molecule has 2 aromatic rings. The number of nitrogens with two attached hydrogens (primary N) is 1. The molecule has 0 radical (unpaired) electrons. The van der Waals surface area contributed by atoms with Crippen molar-refractivity contribution < 1.29 is 0 Å². The fourth-order valence-corrected chi connectivity index (χ4v) is 2.29. The Kier molecular flexibility index (Phi) is 4.93. The fraction of sp³-hybridized carbons (Fsp3) is 0.533. The lowest BCUT2D eigenvalue weighted by Gasteiger charge is -2.12. The largest absolute Gasteiger partial charge is 0.330 e. The summed E-state index contributed by atoms with van der Waals surface area (Å²) < 4.78 is 2.14. The van der Waals surface area contributed by atoms with Crippen molar-refractivity contribution in [3.05, 3.63) is 30.1 Å². The van der Waals surface area contributed by atoms with Crippen LogP contribution in [0.1, 0.15) is 32.0 Å². The van der Waals surface area contributed by atoms with Crippen molar-refractivity contribution in [1.29, 1.82) is 0 Å². The Bertz CT molecular complexity index is 518. The van der Waals surface area contributed by atoms with Gasteiger partial charge in [0.15, 0.2) is 0 Å². The van der Waals surface area contributed by atoms with Gasteiger partial charge in [0.1, 0.15) is 5.82 Å². The molecule has 4 nitrogen and oxygen atoms in total. The van der Waals surface area contributed by atoms with E-state index in [1.165, 1.54) is 18.4 Å². The summed E-state index contributed by atoms with van der Waals surface area (Å²) in [5.74, 6) is 1.06. The first-order valence-electron chi connectivity index (χ1n) is 7.09. The van der Waals surface area contributed by atoms with Crippen LogP contribution in [0.4, 0.5) is 0 Å². The molecule has 0 fully saturated rings. The van der Waals surface area contributed by atoms with Crippen LogP contribution >= 0.6 is 0 Å². The molecule has 0 saturated heterocycles. The van der Waals surface area contributed by atoms with Gasteiger partial charge in [0.25, 0.3) is 0 Å². The third-order valence-corrected chi connectivity index (χ3v) is 3.50. The first-order valence-corrected chi connectivity index (χ1v) is 7.09. The minimum absolute atomic E-state index is 0.245. The number of imidazole rings is 1. The first kappa shape index (κ1) is 14.0. The molecule has 104 valence electrons. The van der Waals surface area contributed by atoms with Gasteiger partial charge >= 0.3 is 0 Å². The smallest absolute Gasteiger partial charge is 0.123 e. The highest BCUT2D eigenvalue weighted by molar-refractivity contribution is 5.75. The van der Waals surface area contributed by atoms with Gasteiger partial charge in [0, 0.05) is 19.6 Å². The summed E-state index contributed by atoms with van der Waals surface area (Å²) >= 11 is 0. The zero-order chi connectivity index (χ0) is 13.7. The zero-order valence-electron chi connectivity index (χ0n) is 11.9. The molecule has 1 aromatic heterocycles.